The van der Waals surface area contributed by atoms with Crippen LogP contribution in [0.25, 0.3) is 10.8 Å². The molecule has 0 bridgehead atoms. The van der Waals surface area contributed by atoms with Gasteiger partial charge in [0.05, 0.1) is 21.1 Å². The molecule has 5 nitrogen and oxygen atoms in total. The maximum atomic E-state index is 12.3. The molecule has 1 N–H and O–H groups in total. The van der Waals surface area contributed by atoms with E-state index in [1.807, 2.05) is 36.4 Å². The first kappa shape index (κ1) is 15.2. The largest absolute Gasteiger partial charge is 0.497 e. The number of hydrogen-bond donors (Lipinski definition) is 1. The van der Waals surface area contributed by atoms with Gasteiger partial charge in [-0.15, -0.1) is 11.4 Å². The molecular formula is C16H16NO4PS. The molecule has 2 atom stereocenters. The van der Waals surface area contributed by atoms with Crippen molar-refractivity contribution in [2.24, 2.45) is 0 Å². The summed E-state index contributed by atoms with van der Waals surface area (Å²) < 4.78 is 11.0. The number of carbonyl (C=O) groups excluding carboxylic acids is 1. The quantitative estimate of drug-likeness (QED) is 0.859. The molecular weight excluding hydrogens is 333 g/mol. The number of nitrogens with one attached hydrogen (secondary N) is 1. The number of hydroxylamine groups is 1. The molecule has 2 saturated heterocycles. The van der Waals surface area contributed by atoms with E-state index in [1.54, 1.807) is 18.5 Å². The number of methoxy groups -OCH3 is 1. The summed E-state index contributed by atoms with van der Waals surface area (Å²) in [4.78, 5) is 17.8. The van der Waals surface area contributed by atoms with Gasteiger partial charge >= 0.3 is 0 Å². The van der Waals surface area contributed by atoms with E-state index in [4.69, 9.17) is 14.1 Å². The lowest BCUT2D eigenvalue weighted by Gasteiger charge is -2.40. The molecule has 0 aromatic heterocycles. The third-order valence-electron chi connectivity index (χ3n) is 4.10. The lowest BCUT2D eigenvalue weighted by molar-refractivity contribution is -0.210. The summed E-state index contributed by atoms with van der Waals surface area (Å²) in [6, 6.07) is 11.9. The van der Waals surface area contributed by atoms with E-state index >= 15 is 0 Å². The maximum absolute atomic E-state index is 12.3. The van der Waals surface area contributed by atoms with Crippen LogP contribution >= 0.6 is 18.7 Å². The highest BCUT2D eigenvalue weighted by atomic mass is 32.7. The van der Waals surface area contributed by atoms with E-state index in [0.717, 1.165) is 34.4 Å². The number of rotatable bonds is 4. The minimum Gasteiger partial charge on any atom is -0.497 e. The predicted molar refractivity (Wildman–Crippen MR) is 91.6 cm³/mol. The molecule has 0 aliphatic carbocycles. The van der Waals surface area contributed by atoms with Crippen LogP contribution < -0.4 is 10.2 Å². The van der Waals surface area contributed by atoms with Crippen molar-refractivity contribution in [2.45, 2.75) is 5.60 Å². The van der Waals surface area contributed by atoms with Crippen molar-refractivity contribution >= 4 is 35.4 Å². The summed E-state index contributed by atoms with van der Waals surface area (Å²) in [5.74, 6) is 1.71. The van der Waals surface area contributed by atoms with Crippen LogP contribution in [-0.2, 0) is 19.8 Å². The van der Waals surface area contributed by atoms with Crippen LogP contribution in [-0.4, -0.2) is 31.5 Å². The third-order valence-corrected chi connectivity index (χ3v) is 8.03. The summed E-state index contributed by atoms with van der Waals surface area (Å²) in [6.45, 7) is 0.756. The highest BCUT2D eigenvalue weighted by Gasteiger charge is 2.53. The molecule has 2 fully saturated rings. The van der Waals surface area contributed by atoms with Crippen molar-refractivity contribution < 1.29 is 18.9 Å². The van der Waals surface area contributed by atoms with Gasteiger partial charge in [0.15, 0.2) is 0 Å². The Bertz CT molecular complexity index is 765. The van der Waals surface area contributed by atoms with Gasteiger partial charge in [-0.1, -0.05) is 18.2 Å². The number of ether oxygens (including phenoxy) is 1. The fourth-order valence-electron chi connectivity index (χ4n) is 2.79. The van der Waals surface area contributed by atoms with Crippen LogP contribution in [0.4, 0.5) is 0 Å². The molecule has 2 heterocycles. The average Bonchev–Trinajstić information content (AvgIpc) is 3.10. The monoisotopic (exact) mass is 349 g/mol. The number of carbonyl (C=O) groups is 1. The van der Waals surface area contributed by atoms with Gasteiger partial charge < -0.3 is 9.26 Å². The zero-order valence-corrected chi connectivity index (χ0v) is 14.3. The smallest absolute Gasteiger partial charge is 0.283 e. The second-order valence-corrected chi connectivity index (χ2v) is 9.35. The van der Waals surface area contributed by atoms with E-state index in [2.05, 4.69) is 5.48 Å². The Morgan fingerprint density at radius 2 is 2.13 bits per heavy atom. The minimum atomic E-state index is -0.919. The lowest BCUT2D eigenvalue weighted by Crippen LogP contribution is -2.61. The van der Waals surface area contributed by atoms with E-state index in [1.165, 1.54) is 0 Å². The highest BCUT2D eigenvalue weighted by Crippen LogP contribution is 2.59. The van der Waals surface area contributed by atoms with Crippen LogP contribution in [0.3, 0.4) is 0 Å². The summed E-state index contributed by atoms with van der Waals surface area (Å²) in [5.41, 5.74) is 2.38. The zero-order chi connectivity index (χ0) is 15.9. The number of benzene rings is 2. The summed E-state index contributed by atoms with van der Waals surface area (Å²) in [5, 5.41) is 2.12. The SMILES string of the molecule is COc1ccc2cc(C3(CP4OCCS4)ONC3=O)ccc2c1. The van der Waals surface area contributed by atoms with E-state index in [-0.39, 0.29) is 5.91 Å². The summed E-state index contributed by atoms with van der Waals surface area (Å²) >= 11 is 1.79. The lowest BCUT2D eigenvalue weighted by atomic mass is 9.91. The van der Waals surface area contributed by atoms with Gasteiger partial charge in [-0.05, 0) is 34.5 Å². The van der Waals surface area contributed by atoms with Crippen LogP contribution in [0.1, 0.15) is 5.56 Å². The normalized spacial score (nSPS) is 26.8. The van der Waals surface area contributed by atoms with Gasteiger partial charge in [0.25, 0.3) is 5.91 Å². The van der Waals surface area contributed by atoms with Crippen molar-refractivity contribution in [3.63, 3.8) is 0 Å². The molecule has 0 radical (unpaired) electrons. The van der Waals surface area contributed by atoms with Gasteiger partial charge in [0, 0.05) is 11.9 Å². The van der Waals surface area contributed by atoms with Gasteiger partial charge in [-0.2, -0.15) is 0 Å². The second kappa shape index (κ2) is 5.95. The first-order valence-corrected chi connectivity index (χ1v) is 10.3. The van der Waals surface area contributed by atoms with Gasteiger partial charge in [-0.25, -0.2) is 5.48 Å². The number of amides is 1. The van der Waals surface area contributed by atoms with Crippen LogP contribution in [0, 0.1) is 0 Å². The fraction of sp³-hybridized carbons (Fsp3) is 0.312. The average molecular weight is 349 g/mol. The summed E-state index contributed by atoms with van der Waals surface area (Å²) in [6.07, 6.45) is 0.584. The van der Waals surface area contributed by atoms with E-state index in [9.17, 15) is 4.79 Å². The van der Waals surface area contributed by atoms with Crippen molar-refractivity contribution in [3.05, 3.63) is 42.0 Å². The Morgan fingerprint density at radius 3 is 2.78 bits per heavy atom. The Balaban J connectivity index is 1.71. The Morgan fingerprint density at radius 1 is 1.30 bits per heavy atom. The van der Waals surface area contributed by atoms with Crippen LogP contribution in [0.15, 0.2) is 36.4 Å². The van der Waals surface area contributed by atoms with Crippen molar-refractivity contribution in [3.8, 4) is 5.75 Å². The van der Waals surface area contributed by atoms with E-state index in [0.29, 0.717) is 6.16 Å². The van der Waals surface area contributed by atoms with Gasteiger partial charge in [-0.3, -0.25) is 9.63 Å². The molecule has 0 saturated carbocycles. The molecule has 7 heteroatoms. The first-order valence-electron chi connectivity index (χ1n) is 7.31. The van der Waals surface area contributed by atoms with Crippen LogP contribution in [0.5, 0.6) is 5.75 Å². The highest BCUT2D eigenvalue weighted by molar-refractivity contribution is 8.54. The topological polar surface area (TPSA) is 56.8 Å². The third kappa shape index (κ3) is 2.60. The molecule has 2 aliphatic heterocycles. The van der Waals surface area contributed by atoms with Crippen LogP contribution in [0.2, 0.25) is 0 Å². The van der Waals surface area contributed by atoms with Gasteiger partial charge in [0.2, 0.25) is 5.60 Å². The molecule has 2 aromatic rings. The van der Waals surface area contributed by atoms with E-state index < -0.39 is 13.0 Å². The fourth-order valence-corrected chi connectivity index (χ4v) is 6.68. The Hall–Kier alpha value is -1.33. The molecule has 2 unspecified atom stereocenters. The number of hydrogen-bond acceptors (Lipinski definition) is 5. The summed E-state index contributed by atoms with van der Waals surface area (Å²) in [7, 11) is 0.973. The molecule has 0 spiro atoms. The van der Waals surface area contributed by atoms with Crippen molar-refractivity contribution in [1.82, 2.24) is 5.48 Å². The minimum absolute atomic E-state index is 0.0936. The molecule has 2 aliphatic rings. The molecule has 2 aromatic carbocycles. The van der Waals surface area contributed by atoms with Crippen molar-refractivity contribution in [2.75, 3.05) is 25.6 Å². The second-order valence-electron chi connectivity index (χ2n) is 5.45. The molecule has 23 heavy (non-hydrogen) atoms. The van der Waals surface area contributed by atoms with Gasteiger partial charge in [0.1, 0.15) is 5.75 Å². The predicted octanol–water partition coefficient (Wildman–Crippen LogP) is 3.18. The molecule has 120 valence electrons. The Kier molecular flexibility index (Phi) is 3.93. The van der Waals surface area contributed by atoms with Crippen molar-refractivity contribution in [1.29, 1.82) is 0 Å². The Labute approximate surface area is 139 Å². The maximum Gasteiger partial charge on any atom is 0.283 e. The standard InChI is InChI=1S/C16H16NO4PS/c1-19-14-5-3-11-8-13(4-2-12(11)9-14)16(15(18)17-21-16)10-22-20-6-7-23-22/h2-5,8-9H,6-7,10H2,1H3,(H,17,18). The molecule has 4 rings (SSSR count). The number of fused-ring (bicyclic) bond motifs is 1. The zero-order valence-electron chi connectivity index (χ0n) is 12.6. The first-order chi connectivity index (χ1) is 11.2. The molecule has 1 amide bonds.